The molecule has 0 radical (unpaired) electrons. The number of rotatable bonds is 4. The summed E-state index contributed by atoms with van der Waals surface area (Å²) in [6.07, 6.45) is 0. The molecule has 0 unspecified atom stereocenters. The molecule has 0 aliphatic rings. The second-order valence-corrected chi connectivity index (χ2v) is 6.08. The zero-order chi connectivity index (χ0) is 13.1. The summed E-state index contributed by atoms with van der Waals surface area (Å²) >= 11 is 4.98. The number of nitrogens with zero attached hydrogens (tertiary/aromatic N) is 1. The lowest BCUT2D eigenvalue weighted by Gasteiger charge is -2.04. The van der Waals surface area contributed by atoms with Gasteiger partial charge in [-0.1, -0.05) is 13.8 Å². The Labute approximate surface area is 118 Å². The van der Waals surface area contributed by atoms with E-state index in [1.54, 1.807) is 17.4 Å². The molecule has 5 heteroatoms. The molecule has 0 saturated heterocycles. The van der Waals surface area contributed by atoms with Crippen molar-refractivity contribution in [2.24, 2.45) is 0 Å². The molecular formula is C13H14BrFN2S. The van der Waals surface area contributed by atoms with Gasteiger partial charge in [0.1, 0.15) is 10.8 Å². The molecule has 0 aliphatic carbocycles. The summed E-state index contributed by atoms with van der Waals surface area (Å²) in [5, 5.41) is 6.36. The Bertz CT molecular complexity index is 540. The highest BCUT2D eigenvalue weighted by molar-refractivity contribution is 9.10. The Morgan fingerprint density at radius 2 is 2.22 bits per heavy atom. The van der Waals surface area contributed by atoms with E-state index in [0.29, 0.717) is 6.04 Å². The van der Waals surface area contributed by atoms with Gasteiger partial charge in [0, 0.05) is 28.0 Å². The van der Waals surface area contributed by atoms with Crippen LogP contribution in [0.1, 0.15) is 18.9 Å². The maximum Gasteiger partial charge on any atom is 0.124 e. The quantitative estimate of drug-likeness (QED) is 0.909. The van der Waals surface area contributed by atoms with Gasteiger partial charge in [-0.2, -0.15) is 0 Å². The number of hydrogen-bond acceptors (Lipinski definition) is 3. The summed E-state index contributed by atoms with van der Waals surface area (Å²) < 4.78 is 13.8. The van der Waals surface area contributed by atoms with Crippen LogP contribution in [-0.2, 0) is 6.54 Å². The Balaban J connectivity index is 2.18. The average molecular weight is 329 g/mol. The summed E-state index contributed by atoms with van der Waals surface area (Å²) in [4.78, 5) is 4.55. The normalized spacial score (nSPS) is 11.2. The summed E-state index contributed by atoms with van der Waals surface area (Å²) in [6, 6.07) is 5.09. The van der Waals surface area contributed by atoms with Crippen LogP contribution in [0.3, 0.4) is 0 Å². The van der Waals surface area contributed by atoms with Gasteiger partial charge in [0.05, 0.1) is 5.69 Å². The average Bonchev–Trinajstić information content (AvgIpc) is 2.75. The second kappa shape index (κ2) is 5.91. The molecule has 1 N–H and O–H groups in total. The van der Waals surface area contributed by atoms with E-state index in [-0.39, 0.29) is 5.82 Å². The first-order valence-electron chi connectivity index (χ1n) is 5.69. The third-order valence-electron chi connectivity index (χ3n) is 2.42. The summed E-state index contributed by atoms with van der Waals surface area (Å²) in [7, 11) is 0. The number of thiazole rings is 1. The van der Waals surface area contributed by atoms with Crippen molar-refractivity contribution < 1.29 is 4.39 Å². The number of hydrogen-bond donors (Lipinski definition) is 1. The summed E-state index contributed by atoms with van der Waals surface area (Å²) in [6.45, 7) is 4.97. The van der Waals surface area contributed by atoms with E-state index in [0.717, 1.165) is 27.3 Å². The maximum absolute atomic E-state index is 13.0. The zero-order valence-electron chi connectivity index (χ0n) is 10.2. The molecule has 0 fully saturated rings. The first-order valence-corrected chi connectivity index (χ1v) is 7.36. The number of nitrogens with one attached hydrogen (secondary N) is 1. The molecule has 1 heterocycles. The van der Waals surface area contributed by atoms with Crippen molar-refractivity contribution in [1.29, 1.82) is 0 Å². The standard InChI is InChI=1S/C13H14BrFN2S/c1-8(2)16-6-13-17-12(7-18-13)10-4-3-9(15)5-11(10)14/h3-5,7-8,16H,6H2,1-2H3. The van der Waals surface area contributed by atoms with Gasteiger partial charge < -0.3 is 5.32 Å². The number of halogens is 2. The largest absolute Gasteiger partial charge is 0.308 e. The van der Waals surface area contributed by atoms with E-state index in [1.807, 2.05) is 5.38 Å². The number of benzene rings is 1. The van der Waals surface area contributed by atoms with Crippen LogP contribution in [0.2, 0.25) is 0 Å². The van der Waals surface area contributed by atoms with Crippen LogP contribution >= 0.6 is 27.3 Å². The maximum atomic E-state index is 13.0. The highest BCUT2D eigenvalue weighted by Crippen LogP contribution is 2.29. The van der Waals surface area contributed by atoms with Gasteiger partial charge in [-0.25, -0.2) is 9.37 Å². The van der Waals surface area contributed by atoms with E-state index in [1.165, 1.54) is 12.1 Å². The smallest absolute Gasteiger partial charge is 0.124 e. The summed E-state index contributed by atoms with van der Waals surface area (Å²) in [5.41, 5.74) is 1.80. The molecular weight excluding hydrogens is 315 g/mol. The van der Waals surface area contributed by atoms with Crippen molar-refractivity contribution in [3.05, 3.63) is 38.9 Å². The first kappa shape index (κ1) is 13.6. The van der Waals surface area contributed by atoms with E-state index in [4.69, 9.17) is 0 Å². The van der Waals surface area contributed by atoms with Crippen molar-refractivity contribution in [3.8, 4) is 11.3 Å². The minimum absolute atomic E-state index is 0.248. The molecule has 18 heavy (non-hydrogen) atoms. The van der Waals surface area contributed by atoms with E-state index < -0.39 is 0 Å². The minimum atomic E-state index is -0.248. The minimum Gasteiger partial charge on any atom is -0.308 e. The van der Waals surface area contributed by atoms with Crippen LogP contribution in [0.5, 0.6) is 0 Å². The van der Waals surface area contributed by atoms with Gasteiger partial charge in [0.15, 0.2) is 0 Å². The molecule has 0 saturated carbocycles. The van der Waals surface area contributed by atoms with Crippen LogP contribution in [0, 0.1) is 5.82 Å². The number of aromatic nitrogens is 1. The molecule has 2 aromatic rings. The lowest BCUT2D eigenvalue weighted by atomic mass is 10.2. The molecule has 0 spiro atoms. The Morgan fingerprint density at radius 3 is 2.89 bits per heavy atom. The Kier molecular flexibility index (Phi) is 4.48. The highest BCUT2D eigenvalue weighted by Gasteiger charge is 2.09. The Hall–Kier alpha value is -0.780. The third kappa shape index (κ3) is 3.37. The van der Waals surface area contributed by atoms with Crippen LogP contribution in [0.15, 0.2) is 28.1 Å². The van der Waals surface area contributed by atoms with Crippen molar-refractivity contribution in [3.63, 3.8) is 0 Å². The Morgan fingerprint density at radius 1 is 1.44 bits per heavy atom. The monoisotopic (exact) mass is 328 g/mol. The van der Waals surface area contributed by atoms with Crippen molar-refractivity contribution in [2.45, 2.75) is 26.4 Å². The van der Waals surface area contributed by atoms with Crippen molar-refractivity contribution >= 4 is 27.3 Å². The van der Waals surface area contributed by atoms with E-state index in [2.05, 4.69) is 40.1 Å². The summed E-state index contributed by atoms with van der Waals surface area (Å²) in [5.74, 6) is -0.248. The molecule has 0 aliphatic heterocycles. The van der Waals surface area contributed by atoms with Gasteiger partial charge >= 0.3 is 0 Å². The lowest BCUT2D eigenvalue weighted by Crippen LogP contribution is -2.21. The van der Waals surface area contributed by atoms with Crippen LogP contribution in [-0.4, -0.2) is 11.0 Å². The molecule has 1 aromatic carbocycles. The van der Waals surface area contributed by atoms with Gasteiger partial charge in [-0.05, 0) is 34.1 Å². The third-order valence-corrected chi connectivity index (χ3v) is 3.93. The molecule has 1 aromatic heterocycles. The van der Waals surface area contributed by atoms with Crippen LogP contribution < -0.4 is 5.32 Å². The van der Waals surface area contributed by atoms with Crippen molar-refractivity contribution in [2.75, 3.05) is 0 Å². The van der Waals surface area contributed by atoms with Gasteiger partial charge in [0.25, 0.3) is 0 Å². The van der Waals surface area contributed by atoms with Gasteiger partial charge in [-0.3, -0.25) is 0 Å². The lowest BCUT2D eigenvalue weighted by molar-refractivity contribution is 0.587. The molecule has 2 nitrogen and oxygen atoms in total. The van der Waals surface area contributed by atoms with E-state index in [9.17, 15) is 4.39 Å². The SMILES string of the molecule is CC(C)NCc1nc(-c2ccc(F)cc2Br)cs1. The second-order valence-electron chi connectivity index (χ2n) is 4.29. The molecule has 0 bridgehead atoms. The predicted octanol–water partition coefficient (Wildman–Crippen LogP) is 4.21. The molecule has 96 valence electrons. The van der Waals surface area contributed by atoms with Gasteiger partial charge in [-0.15, -0.1) is 11.3 Å². The van der Waals surface area contributed by atoms with E-state index >= 15 is 0 Å². The zero-order valence-corrected chi connectivity index (χ0v) is 12.6. The molecule has 0 amide bonds. The fourth-order valence-electron chi connectivity index (χ4n) is 1.50. The molecule has 0 atom stereocenters. The highest BCUT2D eigenvalue weighted by atomic mass is 79.9. The van der Waals surface area contributed by atoms with Crippen molar-refractivity contribution in [1.82, 2.24) is 10.3 Å². The van der Waals surface area contributed by atoms with Crippen LogP contribution in [0.4, 0.5) is 4.39 Å². The topological polar surface area (TPSA) is 24.9 Å². The fraction of sp³-hybridized carbons (Fsp3) is 0.308. The predicted molar refractivity (Wildman–Crippen MR) is 77.2 cm³/mol. The molecule has 2 rings (SSSR count). The van der Waals surface area contributed by atoms with Crippen LogP contribution in [0.25, 0.3) is 11.3 Å². The fourth-order valence-corrected chi connectivity index (χ4v) is 2.80. The first-order chi connectivity index (χ1) is 8.56. The van der Waals surface area contributed by atoms with Gasteiger partial charge in [0.2, 0.25) is 0 Å².